The van der Waals surface area contributed by atoms with E-state index in [0.717, 1.165) is 12.1 Å². The maximum Gasteiger partial charge on any atom is 0.277 e. The molecule has 2 rings (SSSR count). The fourth-order valence-corrected chi connectivity index (χ4v) is 2.58. The third kappa shape index (κ3) is 5.45. The van der Waals surface area contributed by atoms with Gasteiger partial charge in [0, 0.05) is 3.57 Å². The van der Waals surface area contributed by atoms with Crippen molar-refractivity contribution in [3.05, 3.63) is 55.9 Å². The number of carbonyl (C=O) groups excluding carboxylic acids is 1. The number of anilines is 2. The number of nitrogens with one attached hydrogen (secondary N) is 2. The fourth-order valence-electron chi connectivity index (χ4n) is 1.93. The number of hydroxylamine groups is 1. The van der Waals surface area contributed by atoms with Crippen LogP contribution in [-0.2, 0) is 4.84 Å². The molecular formula is C16H13ClF3IN2O4. The molecule has 0 bridgehead atoms. The zero-order valence-electron chi connectivity index (χ0n) is 13.4. The number of benzene rings is 2. The number of halogens is 5. The summed E-state index contributed by atoms with van der Waals surface area (Å²) in [6, 6.07) is 4.81. The third-order valence-corrected chi connectivity index (χ3v) is 4.20. The van der Waals surface area contributed by atoms with E-state index in [-0.39, 0.29) is 5.69 Å². The van der Waals surface area contributed by atoms with Crippen molar-refractivity contribution in [3.8, 4) is 0 Å². The summed E-state index contributed by atoms with van der Waals surface area (Å²) in [5, 5.41) is 19.5. The second-order valence-corrected chi connectivity index (χ2v) is 6.89. The molecular weight excluding hydrogens is 504 g/mol. The Hall–Kier alpha value is -1.60. The second-order valence-electron chi connectivity index (χ2n) is 5.24. The molecule has 0 heterocycles. The fraction of sp³-hybridized carbons (Fsp3) is 0.188. The van der Waals surface area contributed by atoms with Gasteiger partial charge < -0.3 is 15.5 Å². The van der Waals surface area contributed by atoms with Crippen LogP contribution >= 0.6 is 34.2 Å². The molecule has 6 nitrogen and oxygen atoms in total. The van der Waals surface area contributed by atoms with Crippen molar-refractivity contribution in [2.75, 3.05) is 18.5 Å². The van der Waals surface area contributed by atoms with Crippen LogP contribution in [0.4, 0.5) is 24.5 Å². The molecule has 2 aromatic rings. The Kier molecular flexibility index (Phi) is 7.68. The van der Waals surface area contributed by atoms with Crippen LogP contribution in [0.3, 0.4) is 0 Å². The van der Waals surface area contributed by atoms with Gasteiger partial charge in [0.15, 0.2) is 11.6 Å². The van der Waals surface area contributed by atoms with Crippen LogP contribution in [0.25, 0.3) is 0 Å². The van der Waals surface area contributed by atoms with E-state index in [0.29, 0.717) is 3.57 Å². The first kappa shape index (κ1) is 21.7. The summed E-state index contributed by atoms with van der Waals surface area (Å²) in [6.45, 7) is -1.06. The molecule has 146 valence electrons. The summed E-state index contributed by atoms with van der Waals surface area (Å²) >= 11 is 7.46. The summed E-state index contributed by atoms with van der Waals surface area (Å²) in [4.78, 5) is 16.9. The van der Waals surface area contributed by atoms with E-state index < -0.39 is 59.0 Å². The first-order valence-electron chi connectivity index (χ1n) is 7.35. The molecule has 0 aliphatic carbocycles. The predicted octanol–water partition coefficient (Wildman–Crippen LogP) is 3.12. The summed E-state index contributed by atoms with van der Waals surface area (Å²) in [5.74, 6) is -4.68. The molecule has 1 amide bonds. The molecule has 0 aliphatic heterocycles. The van der Waals surface area contributed by atoms with Crippen LogP contribution in [0.2, 0.25) is 5.02 Å². The van der Waals surface area contributed by atoms with Crippen molar-refractivity contribution in [3.63, 3.8) is 0 Å². The molecule has 4 N–H and O–H groups in total. The van der Waals surface area contributed by atoms with Gasteiger partial charge in [-0.1, -0.05) is 11.6 Å². The van der Waals surface area contributed by atoms with Crippen LogP contribution in [-0.4, -0.2) is 35.4 Å². The van der Waals surface area contributed by atoms with Gasteiger partial charge >= 0.3 is 0 Å². The normalized spacial score (nSPS) is 12.0. The SMILES string of the molecule is O=C(NOCC(O)CO)c1cc(Cl)c(F)c(F)c1Nc1ccc(I)cc1F. The van der Waals surface area contributed by atoms with Gasteiger partial charge in [0.05, 0.1) is 28.6 Å². The Morgan fingerprint density at radius 1 is 1.26 bits per heavy atom. The molecule has 0 aliphatic rings. The van der Waals surface area contributed by atoms with E-state index in [9.17, 15) is 18.0 Å². The monoisotopic (exact) mass is 516 g/mol. The number of rotatable bonds is 7. The quantitative estimate of drug-likeness (QED) is 0.258. The topological polar surface area (TPSA) is 90.8 Å². The number of carbonyl (C=O) groups is 1. The van der Waals surface area contributed by atoms with Gasteiger partial charge in [0.2, 0.25) is 0 Å². The lowest BCUT2D eigenvalue weighted by molar-refractivity contribution is -0.0295. The van der Waals surface area contributed by atoms with E-state index in [1.165, 1.54) is 12.1 Å². The number of aliphatic hydroxyl groups is 2. The molecule has 0 fully saturated rings. The van der Waals surface area contributed by atoms with Crippen molar-refractivity contribution in [2.45, 2.75) is 6.10 Å². The smallest absolute Gasteiger partial charge is 0.277 e. The molecule has 0 spiro atoms. The average molecular weight is 517 g/mol. The Morgan fingerprint density at radius 2 is 1.96 bits per heavy atom. The van der Waals surface area contributed by atoms with Crippen LogP contribution in [0.5, 0.6) is 0 Å². The average Bonchev–Trinajstić information content (AvgIpc) is 2.63. The maximum absolute atomic E-state index is 14.3. The lowest BCUT2D eigenvalue weighted by Crippen LogP contribution is -2.30. The van der Waals surface area contributed by atoms with Crippen molar-refractivity contribution >= 4 is 51.5 Å². The summed E-state index contributed by atoms with van der Waals surface area (Å²) in [6.07, 6.45) is -1.25. The van der Waals surface area contributed by atoms with Gasteiger partial charge in [0.25, 0.3) is 5.91 Å². The van der Waals surface area contributed by atoms with Crippen LogP contribution in [0.15, 0.2) is 24.3 Å². The Bertz CT molecular complexity index is 857. The summed E-state index contributed by atoms with van der Waals surface area (Å²) in [5.41, 5.74) is 0.588. The van der Waals surface area contributed by atoms with Gasteiger partial charge in [-0.05, 0) is 46.9 Å². The van der Waals surface area contributed by atoms with Gasteiger partial charge in [0.1, 0.15) is 18.5 Å². The van der Waals surface area contributed by atoms with E-state index in [1.54, 1.807) is 0 Å². The minimum Gasteiger partial charge on any atom is -0.394 e. The minimum atomic E-state index is -1.49. The highest BCUT2D eigenvalue weighted by Crippen LogP contribution is 2.32. The van der Waals surface area contributed by atoms with Crippen molar-refractivity contribution in [2.24, 2.45) is 0 Å². The largest absolute Gasteiger partial charge is 0.394 e. The Balaban J connectivity index is 2.34. The molecule has 1 unspecified atom stereocenters. The van der Waals surface area contributed by atoms with E-state index >= 15 is 0 Å². The zero-order valence-corrected chi connectivity index (χ0v) is 16.3. The minimum absolute atomic E-state index is 0.193. The van der Waals surface area contributed by atoms with Crippen molar-refractivity contribution < 1.29 is 33.0 Å². The van der Waals surface area contributed by atoms with Crippen LogP contribution in [0, 0.1) is 21.0 Å². The van der Waals surface area contributed by atoms with Gasteiger partial charge in [-0.2, -0.15) is 0 Å². The molecule has 11 heteroatoms. The summed E-state index contributed by atoms with van der Waals surface area (Å²) in [7, 11) is 0. The Morgan fingerprint density at radius 3 is 2.59 bits per heavy atom. The molecule has 2 aromatic carbocycles. The summed E-state index contributed by atoms with van der Waals surface area (Å²) < 4.78 is 42.8. The first-order chi connectivity index (χ1) is 12.7. The van der Waals surface area contributed by atoms with E-state index in [1.807, 2.05) is 28.1 Å². The highest BCUT2D eigenvalue weighted by atomic mass is 127. The molecule has 0 radical (unpaired) electrons. The van der Waals surface area contributed by atoms with E-state index in [4.69, 9.17) is 21.8 Å². The van der Waals surface area contributed by atoms with Crippen molar-refractivity contribution in [1.82, 2.24) is 5.48 Å². The number of hydrogen-bond acceptors (Lipinski definition) is 5. The number of aliphatic hydroxyl groups excluding tert-OH is 2. The molecule has 1 atom stereocenters. The lowest BCUT2D eigenvalue weighted by Gasteiger charge is -2.15. The first-order valence-corrected chi connectivity index (χ1v) is 8.80. The van der Waals surface area contributed by atoms with Crippen LogP contribution < -0.4 is 10.8 Å². The van der Waals surface area contributed by atoms with Gasteiger partial charge in [-0.3, -0.25) is 9.63 Å². The molecule has 27 heavy (non-hydrogen) atoms. The number of hydrogen-bond donors (Lipinski definition) is 4. The Labute approximate surface area is 170 Å². The van der Waals surface area contributed by atoms with Gasteiger partial charge in [-0.15, -0.1) is 0 Å². The lowest BCUT2D eigenvalue weighted by atomic mass is 10.1. The highest BCUT2D eigenvalue weighted by molar-refractivity contribution is 14.1. The van der Waals surface area contributed by atoms with Crippen molar-refractivity contribution in [1.29, 1.82) is 0 Å². The maximum atomic E-state index is 14.3. The molecule has 0 aromatic heterocycles. The van der Waals surface area contributed by atoms with Crippen LogP contribution in [0.1, 0.15) is 10.4 Å². The number of amides is 1. The van der Waals surface area contributed by atoms with E-state index in [2.05, 4.69) is 10.2 Å². The molecule has 0 saturated heterocycles. The standard InChI is InChI=1S/C16H13ClF3IN2O4/c17-10-4-9(16(26)23-27-6-8(25)5-24)15(14(20)13(10)19)22-12-2-1-7(21)3-11(12)18/h1-4,8,22,24-25H,5-6H2,(H,23,26). The van der Waals surface area contributed by atoms with Gasteiger partial charge in [-0.25, -0.2) is 18.7 Å². The third-order valence-electron chi connectivity index (χ3n) is 3.25. The predicted molar refractivity (Wildman–Crippen MR) is 100 cm³/mol. The zero-order chi connectivity index (χ0) is 20.1. The molecule has 0 saturated carbocycles. The highest BCUT2D eigenvalue weighted by Gasteiger charge is 2.23. The second kappa shape index (κ2) is 9.55.